The van der Waals surface area contributed by atoms with Gasteiger partial charge in [-0.15, -0.1) is 0 Å². The minimum Gasteiger partial charge on any atom is -0.455 e. The van der Waals surface area contributed by atoms with Crippen molar-refractivity contribution in [1.82, 2.24) is 0 Å². The molecule has 11 aromatic rings. The Hall–Kier alpha value is -6.64. The largest absolute Gasteiger partial charge is 0.455 e. The van der Waals surface area contributed by atoms with Gasteiger partial charge in [-0.2, -0.15) is 0 Å². The lowest BCUT2D eigenvalue weighted by Crippen LogP contribution is -1.91. The van der Waals surface area contributed by atoms with Crippen LogP contribution in [-0.4, -0.2) is 0 Å². The minimum atomic E-state index is 0.844. The molecule has 0 amide bonds. The molecule has 0 bridgehead atoms. The third-order valence-corrected chi connectivity index (χ3v) is 10.4. The van der Waals surface area contributed by atoms with Crippen molar-refractivity contribution in [2.24, 2.45) is 0 Å². The lowest BCUT2D eigenvalue weighted by molar-refractivity contribution is 0.663. The Bertz CT molecular complexity index is 3100. The number of hydrogen-bond acceptors (Lipinski definition) is 2. The van der Waals surface area contributed by atoms with Crippen LogP contribution in [0.15, 0.2) is 179 Å². The molecule has 0 unspecified atom stereocenters. The molecule has 0 saturated carbocycles. The lowest BCUT2D eigenvalue weighted by atomic mass is 9.85. The van der Waals surface area contributed by atoms with Gasteiger partial charge in [0, 0.05) is 21.7 Å². The van der Waals surface area contributed by atoms with E-state index in [0.717, 1.165) is 55.0 Å². The van der Waals surface area contributed by atoms with Crippen molar-refractivity contribution in [1.29, 1.82) is 0 Å². The number of para-hydroxylation sites is 2. The van der Waals surface area contributed by atoms with E-state index < -0.39 is 0 Å². The molecule has 50 heavy (non-hydrogen) atoms. The van der Waals surface area contributed by atoms with Crippen molar-refractivity contribution in [2.45, 2.75) is 0 Å². The van der Waals surface area contributed by atoms with E-state index in [0.29, 0.717) is 0 Å². The number of rotatable bonds is 3. The van der Waals surface area contributed by atoms with Crippen LogP contribution in [0.1, 0.15) is 0 Å². The summed E-state index contributed by atoms with van der Waals surface area (Å²) in [7, 11) is 0. The number of furan rings is 2. The summed E-state index contributed by atoms with van der Waals surface area (Å²) in [6.07, 6.45) is 0. The number of fused-ring (bicyclic) bond motifs is 10. The molecule has 0 aliphatic carbocycles. The maximum atomic E-state index is 6.66. The summed E-state index contributed by atoms with van der Waals surface area (Å²) in [5, 5.41) is 11.7. The Morgan fingerprint density at radius 1 is 0.300 bits per heavy atom. The van der Waals surface area contributed by atoms with Gasteiger partial charge in [0.1, 0.15) is 22.3 Å². The molecule has 0 saturated heterocycles. The highest BCUT2D eigenvalue weighted by atomic mass is 16.3. The van der Waals surface area contributed by atoms with Crippen LogP contribution >= 0.6 is 0 Å². The second kappa shape index (κ2) is 10.4. The zero-order valence-corrected chi connectivity index (χ0v) is 27.0. The van der Waals surface area contributed by atoms with E-state index in [-0.39, 0.29) is 0 Å². The third kappa shape index (κ3) is 3.90. The second-order valence-corrected chi connectivity index (χ2v) is 13.2. The first-order valence-corrected chi connectivity index (χ1v) is 17.1. The third-order valence-electron chi connectivity index (χ3n) is 10.4. The Morgan fingerprint density at radius 3 is 1.52 bits per heavy atom. The predicted molar refractivity (Wildman–Crippen MR) is 210 cm³/mol. The van der Waals surface area contributed by atoms with Crippen LogP contribution in [0.5, 0.6) is 0 Å². The van der Waals surface area contributed by atoms with Crippen LogP contribution in [0, 0.1) is 0 Å². The molecule has 9 aromatic carbocycles. The van der Waals surface area contributed by atoms with E-state index in [4.69, 9.17) is 8.83 Å². The van der Waals surface area contributed by atoms with E-state index in [1.165, 1.54) is 54.6 Å². The SMILES string of the molecule is c1cc(-c2c3ccccc3c(-c3ccc4ccccc4c3)c3ccccc23)cc(-c2cc3c4ccccc4oc3c3c2oc2ccccc23)c1. The molecule has 0 aliphatic heterocycles. The van der Waals surface area contributed by atoms with Crippen molar-refractivity contribution in [2.75, 3.05) is 0 Å². The van der Waals surface area contributed by atoms with Crippen LogP contribution < -0.4 is 0 Å². The molecule has 2 nitrogen and oxygen atoms in total. The first kappa shape index (κ1) is 27.3. The molecule has 2 heterocycles. The van der Waals surface area contributed by atoms with E-state index >= 15 is 0 Å². The standard InChI is InChI=1S/C48H28O2/c1-2-13-30-26-33(25-24-29(30)12-1)45-37-19-5-3-17-35(37)44(36-18-4-6-20-38(36)45)32-15-11-14-31(27-32)40-28-41-34-16-7-9-22-42(34)49-48(41)46-39-21-8-10-23-43(39)50-47(40)46/h1-28H. The first-order chi connectivity index (χ1) is 24.8. The molecule has 232 valence electrons. The maximum absolute atomic E-state index is 6.66. The normalized spacial score (nSPS) is 12.0. The highest BCUT2D eigenvalue weighted by Gasteiger charge is 2.22. The van der Waals surface area contributed by atoms with E-state index in [1.54, 1.807) is 0 Å². The van der Waals surface area contributed by atoms with Crippen LogP contribution in [0.4, 0.5) is 0 Å². The van der Waals surface area contributed by atoms with Crippen molar-refractivity contribution in [3.63, 3.8) is 0 Å². The molecule has 0 atom stereocenters. The van der Waals surface area contributed by atoms with Gasteiger partial charge in [0.25, 0.3) is 0 Å². The molecule has 0 N–H and O–H groups in total. The van der Waals surface area contributed by atoms with E-state index in [2.05, 4.69) is 146 Å². The number of benzene rings is 9. The number of hydrogen-bond donors (Lipinski definition) is 0. The van der Waals surface area contributed by atoms with Gasteiger partial charge in [0.05, 0.1) is 5.39 Å². The second-order valence-electron chi connectivity index (χ2n) is 13.2. The summed E-state index contributed by atoms with van der Waals surface area (Å²) >= 11 is 0. The molecule has 0 aliphatic rings. The molecule has 2 aromatic heterocycles. The van der Waals surface area contributed by atoms with Crippen LogP contribution in [0.3, 0.4) is 0 Å². The van der Waals surface area contributed by atoms with Crippen molar-refractivity contribution in [3.05, 3.63) is 170 Å². The zero-order chi connectivity index (χ0) is 32.8. The van der Waals surface area contributed by atoms with E-state index in [1.807, 2.05) is 24.3 Å². The topological polar surface area (TPSA) is 26.3 Å². The van der Waals surface area contributed by atoms with Gasteiger partial charge in [-0.25, -0.2) is 0 Å². The summed E-state index contributed by atoms with van der Waals surface area (Å²) in [6.45, 7) is 0. The Labute approximate surface area is 287 Å². The van der Waals surface area contributed by atoms with Gasteiger partial charge < -0.3 is 8.83 Å². The molecule has 11 rings (SSSR count). The van der Waals surface area contributed by atoms with Crippen LogP contribution in [-0.2, 0) is 0 Å². The molecule has 0 radical (unpaired) electrons. The Morgan fingerprint density at radius 2 is 0.820 bits per heavy atom. The fourth-order valence-corrected chi connectivity index (χ4v) is 8.22. The zero-order valence-electron chi connectivity index (χ0n) is 27.0. The minimum absolute atomic E-state index is 0.844. The quantitative estimate of drug-likeness (QED) is 0.180. The fraction of sp³-hybridized carbons (Fsp3) is 0. The molecular formula is C48H28O2. The van der Waals surface area contributed by atoms with Gasteiger partial charge in [-0.1, -0.05) is 140 Å². The van der Waals surface area contributed by atoms with Gasteiger partial charge in [-0.3, -0.25) is 0 Å². The fourth-order valence-electron chi connectivity index (χ4n) is 8.22. The van der Waals surface area contributed by atoms with Crippen LogP contribution in [0.2, 0.25) is 0 Å². The van der Waals surface area contributed by atoms with Gasteiger partial charge >= 0.3 is 0 Å². The predicted octanol–water partition coefficient (Wildman–Crippen LogP) is 13.9. The van der Waals surface area contributed by atoms with Crippen LogP contribution in [0.25, 0.3) is 110 Å². The van der Waals surface area contributed by atoms with Crippen molar-refractivity contribution >= 4 is 76.2 Å². The van der Waals surface area contributed by atoms with E-state index in [9.17, 15) is 0 Å². The van der Waals surface area contributed by atoms with Gasteiger partial charge in [0.15, 0.2) is 0 Å². The Balaban J connectivity index is 1.20. The maximum Gasteiger partial charge on any atom is 0.147 e. The van der Waals surface area contributed by atoms with Crippen molar-refractivity contribution in [3.8, 4) is 33.4 Å². The Kier molecular flexibility index (Phi) is 5.70. The first-order valence-electron chi connectivity index (χ1n) is 17.1. The monoisotopic (exact) mass is 636 g/mol. The summed E-state index contributed by atoms with van der Waals surface area (Å²) in [5.74, 6) is 0. The molecule has 0 fully saturated rings. The van der Waals surface area contributed by atoms with Crippen molar-refractivity contribution < 1.29 is 8.83 Å². The smallest absolute Gasteiger partial charge is 0.147 e. The molecule has 2 heteroatoms. The average molecular weight is 637 g/mol. The average Bonchev–Trinajstić information content (AvgIpc) is 3.75. The van der Waals surface area contributed by atoms with Gasteiger partial charge in [0.2, 0.25) is 0 Å². The highest BCUT2D eigenvalue weighted by Crippen LogP contribution is 2.47. The van der Waals surface area contributed by atoms with Gasteiger partial charge in [-0.05, 0) is 90.5 Å². The summed E-state index contributed by atoms with van der Waals surface area (Å²) in [5.41, 5.74) is 10.5. The summed E-state index contributed by atoms with van der Waals surface area (Å²) < 4.78 is 13.2. The highest BCUT2D eigenvalue weighted by molar-refractivity contribution is 6.26. The molecule has 0 spiro atoms. The lowest BCUT2D eigenvalue weighted by Gasteiger charge is -2.18. The molecular weight excluding hydrogens is 609 g/mol. The summed E-state index contributed by atoms with van der Waals surface area (Å²) in [6, 6.07) is 60.9. The summed E-state index contributed by atoms with van der Waals surface area (Å²) in [4.78, 5) is 0.